The third-order valence-electron chi connectivity index (χ3n) is 3.69. The number of aliphatic hydroxyl groups excluding tert-OH is 1. The van der Waals surface area contributed by atoms with Crippen LogP contribution in [0.25, 0.3) is 0 Å². The van der Waals surface area contributed by atoms with Crippen molar-refractivity contribution in [3.8, 4) is 0 Å². The van der Waals surface area contributed by atoms with Crippen LogP contribution in [0.2, 0.25) is 0 Å². The number of aromatic amines is 1. The summed E-state index contributed by atoms with van der Waals surface area (Å²) in [5, 5.41) is 10.7. The molecule has 1 amide bonds. The van der Waals surface area contributed by atoms with Gasteiger partial charge in [-0.25, -0.2) is 0 Å². The van der Waals surface area contributed by atoms with Crippen molar-refractivity contribution in [3.05, 3.63) is 20.7 Å². The largest absolute Gasteiger partial charge is 0.396 e. The highest BCUT2D eigenvalue weighted by atomic mass is 32.1. The highest BCUT2D eigenvalue weighted by molar-refractivity contribution is 7.07. The topological polar surface area (TPSA) is 73.4 Å². The van der Waals surface area contributed by atoms with E-state index in [2.05, 4.69) is 4.98 Å². The standard InChI is InChI=1S/C12H18N2O3S/c1-14(9-4-2-8(6-15)3-5-9)11(16)10-7-18-12(17)13-10/h7-9,15H,2-6H2,1H3,(H,13,17). The average Bonchev–Trinajstić information content (AvgIpc) is 2.84. The Balaban J connectivity index is 1.97. The molecule has 1 saturated carbocycles. The van der Waals surface area contributed by atoms with Crippen molar-refractivity contribution >= 4 is 17.2 Å². The Hall–Kier alpha value is -1.14. The Bertz CT molecular complexity index is 460. The molecule has 1 aromatic rings. The number of H-pyrrole nitrogens is 1. The normalized spacial score (nSPS) is 23.9. The molecule has 0 unspecified atom stereocenters. The van der Waals surface area contributed by atoms with Crippen LogP contribution in [-0.2, 0) is 0 Å². The minimum absolute atomic E-state index is 0.124. The number of aliphatic hydroxyl groups is 1. The predicted octanol–water partition coefficient (Wildman–Crippen LogP) is 1.06. The SMILES string of the molecule is CN(C(=O)c1csc(=O)[nH]1)C1CCC(CO)CC1. The fourth-order valence-electron chi connectivity index (χ4n) is 2.46. The van der Waals surface area contributed by atoms with Crippen LogP contribution in [0.4, 0.5) is 0 Å². The smallest absolute Gasteiger partial charge is 0.305 e. The maximum atomic E-state index is 12.1. The number of amides is 1. The highest BCUT2D eigenvalue weighted by Gasteiger charge is 2.27. The fraction of sp³-hybridized carbons (Fsp3) is 0.667. The van der Waals surface area contributed by atoms with Gasteiger partial charge < -0.3 is 15.0 Å². The van der Waals surface area contributed by atoms with E-state index in [0.717, 1.165) is 37.0 Å². The second-order valence-electron chi connectivity index (χ2n) is 4.84. The van der Waals surface area contributed by atoms with Gasteiger partial charge in [0.1, 0.15) is 5.69 Å². The molecule has 0 spiro atoms. The van der Waals surface area contributed by atoms with E-state index in [1.54, 1.807) is 17.3 Å². The molecule has 6 heteroatoms. The first kappa shape index (κ1) is 13.3. The number of hydrogen-bond donors (Lipinski definition) is 2. The minimum atomic E-state index is -0.198. The second kappa shape index (κ2) is 5.67. The number of nitrogens with one attached hydrogen (secondary N) is 1. The monoisotopic (exact) mass is 270 g/mol. The van der Waals surface area contributed by atoms with Crippen molar-refractivity contribution in [1.29, 1.82) is 0 Å². The lowest BCUT2D eigenvalue weighted by Crippen LogP contribution is -2.40. The average molecular weight is 270 g/mol. The maximum absolute atomic E-state index is 12.1. The fourth-order valence-corrected chi connectivity index (χ4v) is 3.01. The molecular formula is C12H18N2O3S. The number of nitrogens with zero attached hydrogens (tertiary/aromatic N) is 1. The Morgan fingerprint density at radius 2 is 2.17 bits per heavy atom. The molecule has 2 rings (SSSR count). The Kier molecular flexibility index (Phi) is 4.19. The molecule has 1 heterocycles. The van der Waals surface area contributed by atoms with Gasteiger partial charge in [0.2, 0.25) is 0 Å². The molecule has 1 aromatic heterocycles. The summed E-state index contributed by atoms with van der Waals surface area (Å²) >= 11 is 1.01. The molecule has 1 aliphatic rings. The molecule has 0 atom stereocenters. The van der Waals surface area contributed by atoms with E-state index in [9.17, 15) is 9.59 Å². The van der Waals surface area contributed by atoms with Gasteiger partial charge in [-0.1, -0.05) is 11.3 Å². The van der Waals surface area contributed by atoms with Crippen molar-refractivity contribution in [1.82, 2.24) is 9.88 Å². The minimum Gasteiger partial charge on any atom is -0.396 e. The summed E-state index contributed by atoms with van der Waals surface area (Å²) in [5.74, 6) is 0.256. The van der Waals surface area contributed by atoms with Gasteiger partial charge in [0.15, 0.2) is 0 Å². The third-order valence-corrected chi connectivity index (χ3v) is 4.36. The van der Waals surface area contributed by atoms with Crippen molar-refractivity contribution in [2.75, 3.05) is 13.7 Å². The molecule has 0 saturated heterocycles. The van der Waals surface area contributed by atoms with Crippen LogP contribution in [0.1, 0.15) is 36.2 Å². The lowest BCUT2D eigenvalue weighted by atomic mass is 9.86. The van der Waals surface area contributed by atoms with Crippen molar-refractivity contribution < 1.29 is 9.90 Å². The van der Waals surface area contributed by atoms with Gasteiger partial charge >= 0.3 is 4.87 Å². The first-order valence-electron chi connectivity index (χ1n) is 6.17. The van der Waals surface area contributed by atoms with Crippen molar-refractivity contribution in [2.45, 2.75) is 31.7 Å². The quantitative estimate of drug-likeness (QED) is 0.862. The van der Waals surface area contributed by atoms with E-state index in [-0.39, 0.29) is 23.4 Å². The summed E-state index contributed by atoms with van der Waals surface area (Å²) < 4.78 is 0. The molecule has 0 aromatic carbocycles. The van der Waals surface area contributed by atoms with E-state index in [0.29, 0.717) is 11.6 Å². The Labute approximate surface area is 109 Å². The molecule has 0 bridgehead atoms. The summed E-state index contributed by atoms with van der Waals surface area (Å²) in [4.78, 5) is 27.2. The molecule has 5 nitrogen and oxygen atoms in total. The van der Waals surface area contributed by atoms with Gasteiger partial charge in [-0.15, -0.1) is 0 Å². The van der Waals surface area contributed by atoms with Crippen LogP contribution in [0.5, 0.6) is 0 Å². The first-order chi connectivity index (χ1) is 8.61. The van der Waals surface area contributed by atoms with Gasteiger partial charge in [0.05, 0.1) is 0 Å². The first-order valence-corrected chi connectivity index (χ1v) is 7.05. The summed E-state index contributed by atoms with van der Waals surface area (Å²) in [7, 11) is 1.78. The van der Waals surface area contributed by atoms with Crippen LogP contribution < -0.4 is 4.87 Å². The van der Waals surface area contributed by atoms with Crippen molar-refractivity contribution in [3.63, 3.8) is 0 Å². The predicted molar refractivity (Wildman–Crippen MR) is 69.9 cm³/mol. The van der Waals surface area contributed by atoms with Gasteiger partial charge in [0.25, 0.3) is 5.91 Å². The number of carbonyl (C=O) groups is 1. The van der Waals surface area contributed by atoms with Gasteiger partial charge in [-0.3, -0.25) is 9.59 Å². The van der Waals surface area contributed by atoms with Gasteiger partial charge in [-0.05, 0) is 31.6 Å². The summed E-state index contributed by atoms with van der Waals surface area (Å²) in [5.41, 5.74) is 0.372. The van der Waals surface area contributed by atoms with Crippen LogP contribution in [0.3, 0.4) is 0 Å². The van der Waals surface area contributed by atoms with E-state index < -0.39 is 0 Å². The summed E-state index contributed by atoms with van der Waals surface area (Å²) in [6, 6.07) is 0.212. The molecule has 1 aliphatic carbocycles. The second-order valence-corrected chi connectivity index (χ2v) is 5.68. The summed E-state index contributed by atoms with van der Waals surface area (Å²) in [6.07, 6.45) is 3.75. The molecule has 0 aliphatic heterocycles. The highest BCUT2D eigenvalue weighted by Crippen LogP contribution is 2.27. The van der Waals surface area contributed by atoms with E-state index in [4.69, 9.17) is 5.11 Å². The number of thiazole rings is 1. The van der Waals surface area contributed by atoms with Gasteiger partial charge in [-0.2, -0.15) is 0 Å². The van der Waals surface area contributed by atoms with E-state index in [1.807, 2.05) is 0 Å². The number of aromatic nitrogens is 1. The molecule has 1 fully saturated rings. The number of carbonyl (C=O) groups excluding carboxylic acids is 1. The molecule has 18 heavy (non-hydrogen) atoms. The zero-order valence-electron chi connectivity index (χ0n) is 10.4. The Morgan fingerprint density at radius 3 is 2.67 bits per heavy atom. The van der Waals surface area contributed by atoms with Crippen LogP contribution in [0, 0.1) is 5.92 Å². The lowest BCUT2D eigenvalue weighted by molar-refractivity contribution is 0.0647. The zero-order chi connectivity index (χ0) is 13.1. The third kappa shape index (κ3) is 2.81. The van der Waals surface area contributed by atoms with Gasteiger partial charge in [0, 0.05) is 25.1 Å². The van der Waals surface area contributed by atoms with Crippen LogP contribution in [0.15, 0.2) is 10.2 Å². The zero-order valence-corrected chi connectivity index (χ0v) is 11.2. The van der Waals surface area contributed by atoms with E-state index >= 15 is 0 Å². The number of rotatable bonds is 3. The van der Waals surface area contributed by atoms with Crippen LogP contribution >= 0.6 is 11.3 Å². The number of hydrogen-bond acceptors (Lipinski definition) is 4. The molecular weight excluding hydrogens is 252 g/mol. The molecule has 2 N–H and O–H groups in total. The molecule has 100 valence electrons. The lowest BCUT2D eigenvalue weighted by Gasteiger charge is -2.33. The summed E-state index contributed by atoms with van der Waals surface area (Å²) in [6.45, 7) is 0.238. The van der Waals surface area contributed by atoms with Crippen LogP contribution in [-0.4, -0.2) is 40.6 Å². The van der Waals surface area contributed by atoms with E-state index in [1.165, 1.54) is 0 Å². The van der Waals surface area contributed by atoms with Crippen molar-refractivity contribution in [2.24, 2.45) is 5.92 Å². The Morgan fingerprint density at radius 1 is 1.50 bits per heavy atom. The molecule has 0 radical (unpaired) electrons. The maximum Gasteiger partial charge on any atom is 0.305 e.